The van der Waals surface area contributed by atoms with Crippen molar-refractivity contribution in [3.8, 4) is 28.0 Å². The fourth-order valence-electron chi connectivity index (χ4n) is 6.09. The normalized spacial score (nSPS) is 13.0. The molecular weight excluding hydrogens is 689 g/mol. The maximum atomic E-state index is 10.9. The SMILES string of the molecule is CCCCCc1ccc(-c2ccc(-c3ccc(OCCC(CCC(C)(C)[Si](C)(C)O)CCC(C)(C)[Si](C)(C)O)c(Br)c3)c(CC)c2)cc1. The molecule has 0 spiro atoms. The summed E-state index contributed by atoms with van der Waals surface area (Å²) in [5.74, 6) is 1.36. The van der Waals surface area contributed by atoms with E-state index in [0.717, 1.165) is 55.2 Å². The first kappa shape index (κ1) is 40.7. The van der Waals surface area contributed by atoms with Crippen molar-refractivity contribution in [2.75, 3.05) is 6.61 Å². The predicted molar refractivity (Wildman–Crippen MR) is 217 cm³/mol. The molecule has 2 N–H and O–H groups in total. The zero-order chi connectivity index (χ0) is 35.8. The average Bonchev–Trinajstić information content (AvgIpc) is 3.02. The van der Waals surface area contributed by atoms with Crippen molar-refractivity contribution in [3.05, 3.63) is 76.3 Å². The summed E-state index contributed by atoms with van der Waals surface area (Å²) >= 11 is 3.82. The molecule has 0 bridgehead atoms. The van der Waals surface area contributed by atoms with Crippen molar-refractivity contribution in [2.24, 2.45) is 5.92 Å². The Hall–Kier alpha value is -1.71. The molecule has 6 heteroatoms. The van der Waals surface area contributed by atoms with E-state index in [9.17, 15) is 9.59 Å². The third-order valence-electron chi connectivity index (χ3n) is 11.5. The second-order valence-electron chi connectivity index (χ2n) is 16.5. The summed E-state index contributed by atoms with van der Waals surface area (Å²) in [6.07, 6.45) is 11.0. The lowest BCUT2D eigenvalue weighted by Gasteiger charge is -2.38. The highest BCUT2D eigenvalue weighted by Gasteiger charge is 2.40. The van der Waals surface area contributed by atoms with Gasteiger partial charge in [0.05, 0.1) is 11.1 Å². The minimum atomic E-state index is -2.27. The van der Waals surface area contributed by atoms with Gasteiger partial charge in [0, 0.05) is 0 Å². The van der Waals surface area contributed by atoms with E-state index >= 15 is 0 Å². The van der Waals surface area contributed by atoms with Crippen LogP contribution in [0.15, 0.2) is 65.1 Å². The van der Waals surface area contributed by atoms with Gasteiger partial charge in [0.25, 0.3) is 0 Å². The van der Waals surface area contributed by atoms with Crippen molar-refractivity contribution in [2.45, 2.75) is 142 Å². The molecule has 0 aromatic heterocycles. The summed E-state index contributed by atoms with van der Waals surface area (Å²) in [6.45, 7) is 22.3. The fourth-order valence-corrected chi connectivity index (χ4v) is 8.09. The third kappa shape index (κ3) is 11.4. The standard InChI is InChI=1S/C42H65BrO3Si2/c1-11-13-14-15-32-16-18-35(19-17-32)36-20-22-38(34(12-2)30-36)37-21-23-40(39(43)31-37)46-29-26-33(24-27-41(3,4)47(7,8)44)25-28-42(5,6)48(9,10)45/h16-23,30-31,33,44-45H,11-15,24-29H2,1-10H3. The summed E-state index contributed by atoms with van der Waals surface area (Å²) in [7, 11) is -4.54. The van der Waals surface area contributed by atoms with Crippen LogP contribution in [0, 0.1) is 5.92 Å². The molecule has 3 rings (SSSR count). The summed E-state index contributed by atoms with van der Waals surface area (Å²) in [5.41, 5.74) is 7.77. The molecule has 266 valence electrons. The Morgan fingerprint density at radius 2 is 1.27 bits per heavy atom. The zero-order valence-corrected chi connectivity index (χ0v) is 35.4. The highest BCUT2D eigenvalue weighted by Crippen LogP contribution is 2.45. The van der Waals surface area contributed by atoms with E-state index in [-0.39, 0.29) is 10.1 Å². The number of halogens is 1. The molecule has 0 unspecified atom stereocenters. The molecule has 0 aliphatic heterocycles. The van der Waals surface area contributed by atoms with Gasteiger partial charge in [-0.2, -0.15) is 0 Å². The smallest absolute Gasteiger partial charge is 0.188 e. The number of aryl methyl sites for hydroxylation is 2. The van der Waals surface area contributed by atoms with Crippen LogP contribution < -0.4 is 4.74 Å². The van der Waals surface area contributed by atoms with Gasteiger partial charge in [0.1, 0.15) is 5.75 Å². The fraction of sp³-hybridized carbons (Fsp3) is 0.571. The van der Waals surface area contributed by atoms with Gasteiger partial charge >= 0.3 is 0 Å². The number of hydrogen-bond acceptors (Lipinski definition) is 3. The van der Waals surface area contributed by atoms with Gasteiger partial charge in [-0.25, -0.2) is 0 Å². The topological polar surface area (TPSA) is 49.7 Å². The molecule has 0 saturated heterocycles. The van der Waals surface area contributed by atoms with E-state index in [2.05, 4.69) is 144 Å². The molecule has 0 heterocycles. The van der Waals surface area contributed by atoms with E-state index < -0.39 is 16.6 Å². The van der Waals surface area contributed by atoms with Gasteiger partial charge in [-0.3, -0.25) is 0 Å². The van der Waals surface area contributed by atoms with Crippen LogP contribution in [0.25, 0.3) is 22.3 Å². The highest BCUT2D eigenvalue weighted by atomic mass is 79.9. The lowest BCUT2D eigenvalue weighted by Crippen LogP contribution is -2.40. The number of benzene rings is 3. The Bertz CT molecular complexity index is 1400. The Morgan fingerprint density at radius 1 is 0.708 bits per heavy atom. The van der Waals surface area contributed by atoms with Crippen LogP contribution in [0.5, 0.6) is 5.75 Å². The summed E-state index contributed by atoms with van der Waals surface area (Å²) in [6, 6.07) is 22.5. The molecule has 48 heavy (non-hydrogen) atoms. The first-order valence-corrected chi connectivity index (χ1v) is 25.2. The Labute approximate surface area is 304 Å². The monoisotopic (exact) mass is 752 g/mol. The van der Waals surface area contributed by atoms with Crippen LogP contribution >= 0.6 is 15.9 Å². The Kier molecular flexibility index (Phi) is 14.8. The average molecular weight is 754 g/mol. The van der Waals surface area contributed by atoms with Gasteiger partial charge in [-0.1, -0.05) is 116 Å². The van der Waals surface area contributed by atoms with Gasteiger partial charge in [-0.15, -0.1) is 0 Å². The summed E-state index contributed by atoms with van der Waals surface area (Å²) < 4.78 is 7.38. The predicted octanol–water partition coefficient (Wildman–Crippen LogP) is 13.0. The van der Waals surface area contributed by atoms with Crippen molar-refractivity contribution in [3.63, 3.8) is 0 Å². The van der Waals surface area contributed by atoms with Crippen LogP contribution in [-0.4, -0.2) is 32.8 Å². The summed E-state index contributed by atoms with van der Waals surface area (Å²) in [4.78, 5) is 21.8. The van der Waals surface area contributed by atoms with E-state index in [0.29, 0.717) is 12.5 Å². The van der Waals surface area contributed by atoms with E-state index in [1.165, 1.54) is 52.6 Å². The van der Waals surface area contributed by atoms with Crippen LogP contribution in [0.4, 0.5) is 0 Å². The van der Waals surface area contributed by atoms with Crippen LogP contribution in [0.3, 0.4) is 0 Å². The molecule has 3 nitrogen and oxygen atoms in total. The zero-order valence-electron chi connectivity index (χ0n) is 31.8. The lowest BCUT2D eigenvalue weighted by molar-refractivity contribution is 0.249. The minimum Gasteiger partial charge on any atom is -0.492 e. The van der Waals surface area contributed by atoms with Crippen LogP contribution in [0.1, 0.15) is 104 Å². The summed E-state index contributed by atoms with van der Waals surface area (Å²) in [5, 5.41) is -0.0842. The maximum absolute atomic E-state index is 10.9. The first-order valence-electron chi connectivity index (χ1n) is 18.5. The number of rotatable bonds is 19. The van der Waals surface area contributed by atoms with Gasteiger partial charge in [0.2, 0.25) is 0 Å². The molecule has 0 aliphatic rings. The van der Waals surface area contributed by atoms with E-state index in [1.54, 1.807) is 0 Å². The Balaban J connectivity index is 1.69. The molecule has 0 atom stereocenters. The second kappa shape index (κ2) is 17.5. The Morgan fingerprint density at radius 3 is 1.79 bits per heavy atom. The van der Waals surface area contributed by atoms with Crippen LogP contribution in [0.2, 0.25) is 36.3 Å². The lowest BCUT2D eigenvalue weighted by atomic mass is 9.88. The van der Waals surface area contributed by atoms with Gasteiger partial charge in [0.15, 0.2) is 16.6 Å². The molecule has 0 aliphatic carbocycles. The van der Waals surface area contributed by atoms with E-state index in [1.807, 2.05) is 0 Å². The molecule has 3 aromatic rings. The van der Waals surface area contributed by atoms with Crippen LogP contribution in [-0.2, 0) is 12.8 Å². The number of hydrogen-bond donors (Lipinski definition) is 2. The quantitative estimate of drug-likeness (QED) is 0.0947. The van der Waals surface area contributed by atoms with Crippen molar-refractivity contribution >= 4 is 32.6 Å². The van der Waals surface area contributed by atoms with Crippen molar-refractivity contribution < 1.29 is 14.3 Å². The molecule has 0 amide bonds. The third-order valence-corrected chi connectivity index (χ3v) is 19.3. The minimum absolute atomic E-state index is 0.0421. The molecule has 0 fully saturated rings. The molecule has 0 saturated carbocycles. The van der Waals surface area contributed by atoms with E-state index in [4.69, 9.17) is 4.74 Å². The van der Waals surface area contributed by atoms with Crippen molar-refractivity contribution in [1.29, 1.82) is 0 Å². The van der Waals surface area contributed by atoms with Crippen molar-refractivity contribution in [1.82, 2.24) is 0 Å². The maximum Gasteiger partial charge on any atom is 0.188 e. The molecule has 3 aromatic carbocycles. The largest absolute Gasteiger partial charge is 0.492 e. The molecule has 0 radical (unpaired) electrons. The second-order valence-corrected chi connectivity index (χ2v) is 26.3. The number of unbranched alkanes of at least 4 members (excludes halogenated alkanes) is 2. The van der Waals surface area contributed by atoms with Gasteiger partial charge in [-0.05, 0) is 142 Å². The molecular formula is C42H65BrO3Si2. The highest BCUT2D eigenvalue weighted by molar-refractivity contribution is 9.10. The first-order chi connectivity index (χ1) is 22.4. The number of ether oxygens (including phenoxy) is 1. The van der Waals surface area contributed by atoms with Gasteiger partial charge < -0.3 is 14.3 Å².